The normalized spacial score (nSPS) is 19.8. The number of hydrogen-bond acceptors (Lipinski definition) is 3. The molecule has 0 aliphatic carbocycles. The van der Waals surface area contributed by atoms with Crippen molar-refractivity contribution in [2.45, 2.75) is 18.9 Å². The van der Waals surface area contributed by atoms with Crippen molar-refractivity contribution in [1.82, 2.24) is 10.2 Å². The molecule has 0 radical (unpaired) electrons. The third-order valence-corrected chi connectivity index (χ3v) is 3.58. The summed E-state index contributed by atoms with van der Waals surface area (Å²) >= 11 is 0. The molecule has 1 aliphatic heterocycles. The molecule has 1 aliphatic rings. The van der Waals surface area contributed by atoms with E-state index in [1.54, 1.807) is 6.07 Å². The minimum Gasteiger partial charge on any atom is -0.379 e. The topological polar surface area (TPSA) is 24.5 Å². The van der Waals surface area contributed by atoms with Gasteiger partial charge in [0.15, 0.2) is 0 Å². The predicted octanol–water partition coefficient (Wildman–Crippen LogP) is 1.68. The Kier molecular flexibility index (Phi) is 5.76. The first-order valence-electron chi connectivity index (χ1n) is 6.99. The molecule has 0 amide bonds. The summed E-state index contributed by atoms with van der Waals surface area (Å²) in [6, 6.07) is 7.47. The molecule has 3 nitrogen and oxygen atoms in total. The first kappa shape index (κ1) is 14.4. The monoisotopic (exact) mass is 266 g/mol. The Bertz CT molecular complexity index is 380. The quantitative estimate of drug-likeness (QED) is 0.848. The van der Waals surface area contributed by atoms with Gasteiger partial charge in [-0.15, -0.1) is 0 Å². The van der Waals surface area contributed by atoms with Gasteiger partial charge in [0.2, 0.25) is 0 Å². The fourth-order valence-electron chi connectivity index (χ4n) is 2.31. The van der Waals surface area contributed by atoms with Crippen molar-refractivity contribution < 1.29 is 9.13 Å². The van der Waals surface area contributed by atoms with E-state index in [1.165, 1.54) is 6.07 Å². The van der Waals surface area contributed by atoms with Gasteiger partial charge in [0.25, 0.3) is 0 Å². The van der Waals surface area contributed by atoms with E-state index in [1.807, 2.05) is 12.1 Å². The van der Waals surface area contributed by atoms with Gasteiger partial charge in [0.1, 0.15) is 5.82 Å². The highest BCUT2D eigenvalue weighted by Gasteiger charge is 2.13. The van der Waals surface area contributed by atoms with Crippen LogP contribution in [0, 0.1) is 5.82 Å². The summed E-state index contributed by atoms with van der Waals surface area (Å²) < 4.78 is 18.9. The van der Waals surface area contributed by atoms with Crippen LogP contribution in [0.4, 0.5) is 4.39 Å². The van der Waals surface area contributed by atoms with Gasteiger partial charge in [-0.25, -0.2) is 4.39 Å². The van der Waals surface area contributed by atoms with Crippen molar-refractivity contribution in [3.05, 3.63) is 35.6 Å². The predicted molar refractivity (Wildman–Crippen MR) is 74.8 cm³/mol. The van der Waals surface area contributed by atoms with E-state index in [4.69, 9.17) is 4.74 Å². The lowest BCUT2D eigenvalue weighted by atomic mass is 10.1. The van der Waals surface area contributed by atoms with E-state index in [9.17, 15) is 4.39 Å². The molecular formula is C15H23FN2O. The first-order chi connectivity index (χ1) is 9.25. The van der Waals surface area contributed by atoms with Gasteiger partial charge in [0.05, 0.1) is 13.2 Å². The van der Waals surface area contributed by atoms with E-state index < -0.39 is 0 Å². The molecule has 0 bridgehead atoms. The number of rotatable bonds is 6. The van der Waals surface area contributed by atoms with E-state index in [-0.39, 0.29) is 5.82 Å². The second-order valence-electron chi connectivity index (χ2n) is 5.16. The van der Waals surface area contributed by atoms with E-state index in [0.717, 1.165) is 51.3 Å². The number of hydrogen-bond donors (Lipinski definition) is 1. The van der Waals surface area contributed by atoms with Crippen molar-refractivity contribution in [2.24, 2.45) is 0 Å². The molecule has 1 unspecified atom stereocenters. The lowest BCUT2D eigenvalue weighted by molar-refractivity contribution is 0.0711. The number of morpholine rings is 1. The zero-order valence-electron chi connectivity index (χ0n) is 11.6. The molecule has 1 heterocycles. The molecule has 1 N–H and O–H groups in total. The van der Waals surface area contributed by atoms with Gasteiger partial charge in [0, 0.05) is 19.1 Å². The van der Waals surface area contributed by atoms with E-state index >= 15 is 0 Å². The third-order valence-electron chi connectivity index (χ3n) is 3.58. The average molecular weight is 266 g/mol. The molecule has 0 saturated carbocycles. The SMILES string of the molecule is CN(CCc1ccccc1F)CCC1COCCN1. The van der Waals surface area contributed by atoms with E-state index in [0.29, 0.717) is 6.04 Å². The highest BCUT2D eigenvalue weighted by atomic mass is 19.1. The smallest absolute Gasteiger partial charge is 0.126 e. The largest absolute Gasteiger partial charge is 0.379 e. The van der Waals surface area contributed by atoms with Crippen molar-refractivity contribution in [1.29, 1.82) is 0 Å². The Labute approximate surface area is 114 Å². The summed E-state index contributed by atoms with van der Waals surface area (Å²) in [5, 5.41) is 3.45. The van der Waals surface area contributed by atoms with Gasteiger partial charge >= 0.3 is 0 Å². The summed E-state index contributed by atoms with van der Waals surface area (Å²) in [5.74, 6) is -0.0988. The Morgan fingerprint density at radius 3 is 2.95 bits per heavy atom. The van der Waals surface area contributed by atoms with Crippen molar-refractivity contribution in [2.75, 3.05) is 39.9 Å². The average Bonchev–Trinajstić information content (AvgIpc) is 2.45. The number of likely N-dealkylation sites (N-methyl/N-ethyl adjacent to an activating group) is 1. The van der Waals surface area contributed by atoms with Crippen LogP contribution in [0.25, 0.3) is 0 Å². The zero-order valence-corrected chi connectivity index (χ0v) is 11.6. The van der Waals surface area contributed by atoms with Gasteiger partial charge in [-0.3, -0.25) is 0 Å². The maximum Gasteiger partial charge on any atom is 0.126 e. The van der Waals surface area contributed by atoms with Gasteiger partial charge in [-0.1, -0.05) is 18.2 Å². The van der Waals surface area contributed by atoms with Gasteiger partial charge in [-0.05, 0) is 38.1 Å². The molecule has 0 spiro atoms. The summed E-state index contributed by atoms with van der Waals surface area (Å²) in [6.45, 7) is 4.47. The lowest BCUT2D eigenvalue weighted by Crippen LogP contribution is -2.43. The number of nitrogens with one attached hydrogen (secondary N) is 1. The highest BCUT2D eigenvalue weighted by molar-refractivity contribution is 5.17. The van der Waals surface area contributed by atoms with Crippen LogP contribution in [-0.4, -0.2) is 50.8 Å². The van der Waals surface area contributed by atoms with Crippen LogP contribution in [0.1, 0.15) is 12.0 Å². The van der Waals surface area contributed by atoms with Crippen LogP contribution in [0.5, 0.6) is 0 Å². The second kappa shape index (κ2) is 7.58. The number of halogens is 1. The third kappa shape index (κ3) is 4.90. The Morgan fingerprint density at radius 1 is 1.37 bits per heavy atom. The highest BCUT2D eigenvalue weighted by Crippen LogP contribution is 2.08. The summed E-state index contributed by atoms with van der Waals surface area (Å²) in [5.41, 5.74) is 0.800. The van der Waals surface area contributed by atoms with Crippen LogP contribution in [0.2, 0.25) is 0 Å². The molecule has 1 aromatic rings. The Hall–Kier alpha value is -0.970. The number of benzene rings is 1. The summed E-state index contributed by atoms with van der Waals surface area (Å²) in [7, 11) is 2.09. The van der Waals surface area contributed by atoms with Crippen LogP contribution in [0.3, 0.4) is 0 Å². The molecule has 2 rings (SSSR count). The van der Waals surface area contributed by atoms with Crippen LogP contribution in [-0.2, 0) is 11.2 Å². The fourth-order valence-corrected chi connectivity index (χ4v) is 2.31. The van der Waals surface area contributed by atoms with Gasteiger partial charge < -0.3 is 15.0 Å². The first-order valence-corrected chi connectivity index (χ1v) is 6.99. The molecular weight excluding hydrogens is 243 g/mol. The molecule has 0 aromatic heterocycles. The van der Waals surface area contributed by atoms with Crippen molar-refractivity contribution in [3.63, 3.8) is 0 Å². The molecule has 1 fully saturated rings. The standard InChI is InChI=1S/C15H23FN2O/c1-18(10-7-14-12-19-11-8-17-14)9-6-13-4-2-3-5-15(13)16/h2-5,14,17H,6-12H2,1H3. The van der Waals surface area contributed by atoms with E-state index in [2.05, 4.69) is 17.3 Å². The number of nitrogens with zero attached hydrogens (tertiary/aromatic N) is 1. The molecule has 1 aromatic carbocycles. The maximum absolute atomic E-state index is 13.5. The molecule has 1 saturated heterocycles. The number of ether oxygens (including phenoxy) is 1. The minimum absolute atomic E-state index is 0.0988. The van der Waals surface area contributed by atoms with Crippen LogP contribution < -0.4 is 5.32 Å². The molecule has 4 heteroatoms. The fraction of sp³-hybridized carbons (Fsp3) is 0.600. The van der Waals surface area contributed by atoms with Crippen LogP contribution >= 0.6 is 0 Å². The molecule has 106 valence electrons. The Balaban J connectivity index is 1.66. The Morgan fingerprint density at radius 2 is 2.21 bits per heavy atom. The maximum atomic E-state index is 13.5. The second-order valence-corrected chi connectivity index (χ2v) is 5.16. The minimum atomic E-state index is -0.0988. The van der Waals surface area contributed by atoms with Gasteiger partial charge in [-0.2, -0.15) is 0 Å². The van der Waals surface area contributed by atoms with Crippen molar-refractivity contribution in [3.8, 4) is 0 Å². The lowest BCUT2D eigenvalue weighted by Gasteiger charge is -2.26. The van der Waals surface area contributed by atoms with Crippen molar-refractivity contribution >= 4 is 0 Å². The summed E-state index contributed by atoms with van der Waals surface area (Å²) in [4.78, 5) is 2.25. The van der Waals surface area contributed by atoms with Crippen LogP contribution in [0.15, 0.2) is 24.3 Å². The molecule has 19 heavy (non-hydrogen) atoms. The summed E-state index contributed by atoms with van der Waals surface area (Å²) in [6.07, 6.45) is 1.84. The molecule has 1 atom stereocenters. The zero-order chi connectivity index (χ0) is 13.5.